The lowest BCUT2D eigenvalue weighted by Gasteiger charge is -2.37. The quantitative estimate of drug-likeness (QED) is 0.867. The maximum atomic E-state index is 13.9. The van der Waals surface area contributed by atoms with E-state index in [1.54, 1.807) is 12.1 Å². The third-order valence-electron chi connectivity index (χ3n) is 4.02. The molecular weight excluding hydrogens is 293 g/mol. The number of hydrogen-bond acceptors (Lipinski definition) is 4. The van der Waals surface area contributed by atoms with Gasteiger partial charge in [0.2, 0.25) is 0 Å². The van der Waals surface area contributed by atoms with E-state index in [1.165, 1.54) is 6.07 Å². The third kappa shape index (κ3) is 3.17. The Hall–Kier alpha value is -1.24. The van der Waals surface area contributed by atoms with Gasteiger partial charge in [0.15, 0.2) is 0 Å². The fraction of sp³-hybridized carbons (Fsp3) is 0.533. The molecule has 0 aromatic heterocycles. The van der Waals surface area contributed by atoms with Gasteiger partial charge in [-0.2, -0.15) is 0 Å². The highest BCUT2D eigenvalue weighted by Gasteiger charge is 2.41. The topological polar surface area (TPSA) is 53.7 Å². The van der Waals surface area contributed by atoms with E-state index < -0.39 is 5.82 Å². The predicted octanol–water partition coefficient (Wildman–Crippen LogP) is 2.18. The van der Waals surface area contributed by atoms with Crippen molar-refractivity contribution in [3.05, 3.63) is 29.6 Å². The maximum Gasteiger partial charge on any atom is 0.137 e. The van der Waals surface area contributed by atoms with E-state index in [0.29, 0.717) is 19.0 Å². The van der Waals surface area contributed by atoms with E-state index in [0.717, 1.165) is 25.9 Å². The summed E-state index contributed by atoms with van der Waals surface area (Å²) in [6.45, 7) is 1.98. The first-order valence-corrected chi connectivity index (χ1v) is 7.47. The SMILES string of the molecule is NC(=S)c1ccc(OC2CCOC3(CCOC3)C2)cc1F. The lowest BCUT2D eigenvalue weighted by molar-refractivity contribution is -0.112. The Labute approximate surface area is 128 Å². The van der Waals surface area contributed by atoms with Gasteiger partial charge in [0.25, 0.3) is 0 Å². The lowest BCUT2D eigenvalue weighted by atomic mass is 9.91. The highest BCUT2D eigenvalue weighted by molar-refractivity contribution is 7.80. The number of benzene rings is 1. The predicted molar refractivity (Wildman–Crippen MR) is 80.1 cm³/mol. The first-order chi connectivity index (χ1) is 10.1. The summed E-state index contributed by atoms with van der Waals surface area (Å²) < 4.78 is 31.0. The number of halogens is 1. The number of rotatable bonds is 3. The van der Waals surface area contributed by atoms with Crippen molar-refractivity contribution in [3.8, 4) is 5.75 Å². The smallest absolute Gasteiger partial charge is 0.137 e. The largest absolute Gasteiger partial charge is 0.490 e. The molecule has 2 aliphatic rings. The van der Waals surface area contributed by atoms with Crippen LogP contribution in [-0.2, 0) is 9.47 Å². The molecule has 0 aliphatic carbocycles. The average molecular weight is 311 g/mol. The monoisotopic (exact) mass is 311 g/mol. The van der Waals surface area contributed by atoms with Crippen LogP contribution in [0.3, 0.4) is 0 Å². The van der Waals surface area contributed by atoms with Crippen molar-refractivity contribution in [2.45, 2.75) is 31.0 Å². The average Bonchev–Trinajstić information content (AvgIpc) is 2.86. The molecule has 3 rings (SSSR count). The molecule has 6 heteroatoms. The second kappa shape index (κ2) is 5.87. The van der Waals surface area contributed by atoms with Crippen LogP contribution in [0, 0.1) is 5.82 Å². The molecule has 0 amide bonds. The Morgan fingerprint density at radius 3 is 2.95 bits per heavy atom. The summed E-state index contributed by atoms with van der Waals surface area (Å²) in [6, 6.07) is 4.59. The summed E-state index contributed by atoms with van der Waals surface area (Å²) in [5.41, 5.74) is 5.47. The molecule has 2 N–H and O–H groups in total. The van der Waals surface area contributed by atoms with Crippen LogP contribution < -0.4 is 10.5 Å². The minimum Gasteiger partial charge on any atom is -0.490 e. The molecule has 1 aromatic carbocycles. The van der Waals surface area contributed by atoms with Gasteiger partial charge >= 0.3 is 0 Å². The molecule has 1 spiro atoms. The van der Waals surface area contributed by atoms with Gasteiger partial charge < -0.3 is 19.9 Å². The van der Waals surface area contributed by atoms with Crippen LogP contribution in [0.25, 0.3) is 0 Å². The molecule has 0 radical (unpaired) electrons. The van der Waals surface area contributed by atoms with Gasteiger partial charge in [0, 0.05) is 37.5 Å². The summed E-state index contributed by atoms with van der Waals surface area (Å²) >= 11 is 4.79. The van der Waals surface area contributed by atoms with E-state index >= 15 is 0 Å². The summed E-state index contributed by atoms with van der Waals surface area (Å²) in [6.07, 6.45) is 2.46. The first-order valence-electron chi connectivity index (χ1n) is 7.06. The van der Waals surface area contributed by atoms with E-state index in [2.05, 4.69) is 0 Å². The zero-order valence-corrected chi connectivity index (χ0v) is 12.5. The van der Waals surface area contributed by atoms with Crippen molar-refractivity contribution in [1.29, 1.82) is 0 Å². The van der Waals surface area contributed by atoms with Crippen LogP contribution in [-0.4, -0.2) is 36.5 Å². The maximum absolute atomic E-state index is 13.9. The molecule has 2 saturated heterocycles. The van der Waals surface area contributed by atoms with E-state index in [1.807, 2.05) is 0 Å². The van der Waals surface area contributed by atoms with Crippen LogP contribution in [0.5, 0.6) is 5.75 Å². The van der Waals surface area contributed by atoms with Crippen molar-refractivity contribution < 1.29 is 18.6 Å². The molecule has 21 heavy (non-hydrogen) atoms. The third-order valence-corrected chi connectivity index (χ3v) is 4.24. The van der Waals surface area contributed by atoms with E-state index in [4.69, 9.17) is 32.2 Å². The zero-order valence-electron chi connectivity index (χ0n) is 11.6. The minimum absolute atomic E-state index is 0.00975. The van der Waals surface area contributed by atoms with Crippen LogP contribution >= 0.6 is 12.2 Å². The molecule has 0 bridgehead atoms. The second-order valence-electron chi connectivity index (χ2n) is 5.57. The van der Waals surface area contributed by atoms with Crippen LogP contribution in [0.2, 0.25) is 0 Å². The first kappa shape index (κ1) is 14.7. The summed E-state index contributed by atoms with van der Waals surface area (Å²) in [7, 11) is 0. The number of nitrogens with two attached hydrogens (primary N) is 1. The molecule has 2 aliphatic heterocycles. The van der Waals surface area contributed by atoms with Gasteiger partial charge in [-0.05, 0) is 12.1 Å². The van der Waals surface area contributed by atoms with Crippen molar-refractivity contribution in [3.63, 3.8) is 0 Å². The summed E-state index contributed by atoms with van der Waals surface area (Å²) in [4.78, 5) is 0.0483. The van der Waals surface area contributed by atoms with Gasteiger partial charge in [-0.3, -0.25) is 0 Å². The Kier molecular flexibility index (Phi) is 4.10. The molecule has 2 unspecified atom stereocenters. The standard InChI is InChI=1S/C15H18FNO3S/c16-13-7-10(1-2-12(13)14(17)21)20-11-3-5-19-15(8-11)4-6-18-9-15/h1-2,7,11H,3-6,8-9H2,(H2,17,21). The normalized spacial score (nSPS) is 28.7. The highest BCUT2D eigenvalue weighted by Crippen LogP contribution is 2.34. The lowest BCUT2D eigenvalue weighted by Crippen LogP contribution is -2.44. The van der Waals surface area contributed by atoms with Gasteiger partial charge in [0.05, 0.1) is 18.8 Å². The highest BCUT2D eigenvalue weighted by atomic mass is 32.1. The minimum atomic E-state index is -0.453. The van der Waals surface area contributed by atoms with Crippen LogP contribution in [0.1, 0.15) is 24.8 Å². The molecule has 4 nitrogen and oxygen atoms in total. The van der Waals surface area contributed by atoms with Gasteiger partial charge in [0.1, 0.15) is 22.7 Å². The summed E-state index contributed by atoms with van der Waals surface area (Å²) in [5, 5.41) is 0. The van der Waals surface area contributed by atoms with Crippen molar-refractivity contribution in [2.75, 3.05) is 19.8 Å². The van der Waals surface area contributed by atoms with Crippen LogP contribution in [0.4, 0.5) is 4.39 Å². The molecule has 2 heterocycles. The Bertz CT molecular complexity index is 546. The fourth-order valence-electron chi connectivity index (χ4n) is 2.91. The van der Waals surface area contributed by atoms with Crippen LogP contribution in [0.15, 0.2) is 18.2 Å². The molecule has 1 aromatic rings. The zero-order chi connectivity index (χ0) is 14.9. The molecule has 114 valence electrons. The second-order valence-corrected chi connectivity index (χ2v) is 6.01. The number of hydrogen-bond donors (Lipinski definition) is 1. The number of ether oxygens (including phenoxy) is 3. The molecule has 0 saturated carbocycles. The fourth-order valence-corrected chi connectivity index (χ4v) is 3.07. The molecule has 2 atom stereocenters. The Balaban J connectivity index is 1.68. The van der Waals surface area contributed by atoms with Crippen molar-refractivity contribution >= 4 is 17.2 Å². The van der Waals surface area contributed by atoms with Gasteiger partial charge in [-0.1, -0.05) is 12.2 Å². The van der Waals surface area contributed by atoms with E-state index in [9.17, 15) is 4.39 Å². The van der Waals surface area contributed by atoms with Gasteiger partial charge in [-0.25, -0.2) is 4.39 Å². The molecule has 2 fully saturated rings. The molecular formula is C15H18FNO3S. The summed E-state index contributed by atoms with van der Waals surface area (Å²) in [5.74, 6) is 0.0411. The van der Waals surface area contributed by atoms with Crippen molar-refractivity contribution in [2.24, 2.45) is 5.73 Å². The van der Waals surface area contributed by atoms with Gasteiger partial charge in [-0.15, -0.1) is 0 Å². The van der Waals surface area contributed by atoms with Crippen molar-refractivity contribution in [1.82, 2.24) is 0 Å². The number of thiocarbonyl (C=S) groups is 1. The Morgan fingerprint density at radius 1 is 1.43 bits per heavy atom. The van der Waals surface area contributed by atoms with E-state index in [-0.39, 0.29) is 22.3 Å². The Morgan fingerprint density at radius 2 is 2.29 bits per heavy atom.